The third-order valence-corrected chi connectivity index (χ3v) is 13.0. The Labute approximate surface area is 400 Å². The fraction of sp³-hybridized carbons (Fsp3) is 0.333. The molecule has 2 heterocycles. The average molecular weight is 1030 g/mol. The summed E-state index contributed by atoms with van der Waals surface area (Å²) < 4.78 is 197. The zero-order valence-electron chi connectivity index (χ0n) is 37.1. The predicted molar refractivity (Wildman–Crippen MR) is 233 cm³/mol. The molecule has 23 heteroatoms. The Morgan fingerprint density at radius 2 is 0.831 bits per heavy atom. The van der Waals surface area contributed by atoms with E-state index in [1.54, 1.807) is 0 Å². The van der Waals surface area contributed by atoms with Crippen LogP contribution in [0, 0.1) is 11.8 Å². The molecule has 0 aromatic heterocycles. The van der Waals surface area contributed by atoms with E-state index in [1.807, 2.05) is 0 Å². The number of hydrogen-bond donors (Lipinski definition) is 2. The smallest absolute Gasteiger partial charge is 0.418 e. The number of hydrogen-bond acceptors (Lipinski definition) is 7. The summed E-state index contributed by atoms with van der Waals surface area (Å²) in [5, 5.41) is 18.7. The van der Waals surface area contributed by atoms with Gasteiger partial charge in [0.2, 0.25) is 11.8 Å². The van der Waals surface area contributed by atoms with Crippen LogP contribution in [0.2, 0.25) is 0 Å². The number of carboxylic acid groups (broad SMARTS) is 2. The topological polar surface area (TPSA) is 134 Å². The van der Waals surface area contributed by atoms with Crippen LogP contribution in [0.25, 0.3) is 34.4 Å². The number of likely N-dealkylation sites (tertiary alicyclic amines) is 2. The quantitative estimate of drug-likeness (QED) is 0.105. The second kappa shape index (κ2) is 21.0. The van der Waals surface area contributed by atoms with Crippen LogP contribution >= 0.6 is 11.8 Å². The number of carboxylic acids is 2. The minimum atomic E-state index is -6.11. The molecule has 2 amide bonds. The van der Waals surface area contributed by atoms with E-state index in [4.69, 9.17) is 9.47 Å². The molecule has 380 valence electrons. The van der Waals surface area contributed by atoms with Crippen LogP contribution in [-0.4, -0.2) is 84.2 Å². The molecule has 10 nitrogen and oxygen atoms in total. The molecule has 4 aromatic rings. The van der Waals surface area contributed by atoms with Crippen LogP contribution in [0.4, 0.5) is 52.7 Å². The zero-order valence-corrected chi connectivity index (χ0v) is 37.9. The summed E-state index contributed by atoms with van der Waals surface area (Å²) in [7, 11) is 2.09. The molecule has 0 radical (unpaired) electrons. The molecule has 2 saturated heterocycles. The largest absolute Gasteiger partial charge is 0.496 e. The number of para-hydroxylation sites is 2. The van der Waals surface area contributed by atoms with Crippen molar-refractivity contribution in [3.05, 3.63) is 106 Å². The summed E-state index contributed by atoms with van der Waals surface area (Å²) in [6.45, 7) is -0.755. The van der Waals surface area contributed by atoms with Gasteiger partial charge in [-0.2, -0.15) is 52.7 Å². The van der Waals surface area contributed by atoms with Crippen molar-refractivity contribution in [2.45, 2.75) is 60.2 Å². The summed E-state index contributed by atoms with van der Waals surface area (Å²) in [4.78, 5) is 48.4. The lowest BCUT2D eigenvalue weighted by Gasteiger charge is -2.29. The number of benzene rings is 4. The number of ether oxygens (including phenoxy) is 2. The van der Waals surface area contributed by atoms with Crippen molar-refractivity contribution in [1.29, 1.82) is 0 Å². The summed E-state index contributed by atoms with van der Waals surface area (Å²) in [6.07, 6.45) is -22.7. The molecule has 2 N–H and O–H groups in total. The van der Waals surface area contributed by atoms with E-state index in [9.17, 15) is 29.4 Å². The van der Waals surface area contributed by atoms with Crippen molar-refractivity contribution >= 4 is 47.7 Å². The summed E-state index contributed by atoms with van der Waals surface area (Å²) in [6, 6.07) is 10.5. The zero-order chi connectivity index (χ0) is 52.4. The Bertz CT molecular complexity index is 2570. The Morgan fingerprint density at radius 1 is 0.521 bits per heavy atom. The van der Waals surface area contributed by atoms with Gasteiger partial charge in [-0.3, -0.25) is 19.2 Å². The fourth-order valence-electron chi connectivity index (χ4n) is 8.52. The van der Waals surface area contributed by atoms with E-state index < -0.39 is 126 Å². The van der Waals surface area contributed by atoms with Crippen molar-refractivity contribution in [3.63, 3.8) is 0 Å². The van der Waals surface area contributed by atoms with Crippen LogP contribution in [0.15, 0.2) is 82.6 Å². The standard InChI is InChI=1S/C48H40F12N2O8S/c1-69-33-9-5-3-7-27(33)31-23-35(41(47(55,56)57)39(45(49,50)51)29(31)11-13-37(63)61-19-15-25(16-20-61)43(65)66)71-36-24-32(28-8-4-6-10-34(28)70-2)30(40(46(52,53)54)42(36)48(58,59)60)12-14-38(64)62-21-17-26(18-22-62)44(67)68/h3-14,23-26H,15-22H2,1-2H3,(H,65,66)(H,67,68). The Morgan fingerprint density at radius 3 is 1.11 bits per heavy atom. The van der Waals surface area contributed by atoms with Crippen LogP contribution in [-0.2, 0) is 43.9 Å². The minimum absolute atomic E-state index is 0.0570. The maximum atomic E-state index is 15.6. The third kappa shape index (κ3) is 11.9. The molecule has 2 aliphatic heterocycles. The normalized spacial score (nSPS) is 15.7. The lowest BCUT2D eigenvalue weighted by atomic mass is 9.90. The van der Waals surface area contributed by atoms with E-state index in [0.29, 0.717) is 36.4 Å². The predicted octanol–water partition coefficient (Wildman–Crippen LogP) is 11.9. The molecule has 0 unspecified atom stereocenters. The molecule has 2 aliphatic rings. The molecule has 0 spiro atoms. The molecule has 2 fully saturated rings. The number of alkyl halides is 12. The van der Waals surface area contributed by atoms with Gasteiger partial charge in [-0.25, -0.2) is 0 Å². The number of aliphatic carboxylic acids is 2. The highest BCUT2D eigenvalue weighted by molar-refractivity contribution is 7.99. The maximum absolute atomic E-state index is 15.6. The van der Waals surface area contributed by atoms with E-state index in [-0.39, 0.29) is 74.5 Å². The van der Waals surface area contributed by atoms with Crippen molar-refractivity contribution < 1.29 is 91.5 Å². The molecular weight excluding hydrogens is 993 g/mol. The van der Waals surface area contributed by atoms with E-state index in [0.717, 1.165) is 36.2 Å². The Hall–Kier alpha value is -6.65. The first kappa shape index (κ1) is 53.7. The molecule has 0 atom stereocenters. The first-order valence-corrected chi connectivity index (χ1v) is 22.0. The van der Waals surface area contributed by atoms with Gasteiger partial charge in [0.1, 0.15) is 11.5 Å². The van der Waals surface area contributed by atoms with Gasteiger partial charge in [-0.05, 0) is 84.4 Å². The van der Waals surface area contributed by atoms with Gasteiger partial charge in [0.05, 0.1) is 48.3 Å². The fourth-order valence-corrected chi connectivity index (χ4v) is 9.75. The molecule has 0 saturated carbocycles. The van der Waals surface area contributed by atoms with Crippen molar-refractivity contribution in [1.82, 2.24) is 9.80 Å². The molecule has 4 aromatic carbocycles. The molecule has 0 aliphatic carbocycles. The highest BCUT2D eigenvalue weighted by Crippen LogP contribution is 2.56. The van der Waals surface area contributed by atoms with Crippen LogP contribution in [0.3, 0.4) is 0 Å². The highest BCUT2D eigenvalue weighted by Gasteiger charge is 2.50. The van der Waals surface area contributed by atoms with Gasteiger partial charge in [0.25, 0.3) is 0 Å². The number of amides is 2. The second-order valence-corrected chi connectivity index (χ2v) is 17.3. The van der Waals surface area contributed by atoms with Gasteiger partial charge in [0.15, 0.2) is 0 Å². The number of halogens is 12. The minimum Gasteiger partial charge on any atom is -0.496 e. The van der Waals surface area contributed by atoms with E-state index in [2.05, 4.69) is 0 Å². The first-order valence-electron chi connectivity index (χ1n) is 21.2. The van der Waals surface area contributed by atoms with E-state index in [1.165, 1.54) is 36.4 Å². The number of rotatable bonds is 12. The molecule has 6 rings (SSSR count). The molecule has 71 heavy (non-hydrogen) atoms. The highest BCUT2D eigenvalue weighted by atomic mass is 32.2. The van der Waals surface area contributed by atoms with Gasteiger partial charge in [-0.15, -0.1) is 0 Å². The summed E-state index contributed by atoms with van der Waals surface area (Å²) in [5.74, 6) is -6.66. The lowest BCUT2D eigenvalue weighted by Crippen LogP contribution is -2.39. The number of carbonyl (C=O) groups excluding carboxylic acids is 2. The number of methoxy groups -OCH3 is 2. The van der Waals surface area contributed by atoms with Gasteiger partial charge in [0, 0.05) is 59.2 Å². The maximum Gasteiger partial charge on any atom is 0.418 e. The SMILES string of the molecule is COc1ccccc1-c1cc(Sc2cc(-c3ccccc3OC)c(C=CC(=O)N3CCC(C(=O)O)CC3)c(C(F)(F)F)c2C(F)(F)F)c(C(F)(F)F)c(C(F)(F)F)c1C=CC(=O)N1CCC(C(=O)O)CC1. The Kier molecular flexibility index (Phi) is 15.9. The van der Waals surface area contributed by atoms with Crippen LogP contribution < -0.4 is 9.47 Å². The van der Waals surface area contributed by atoms with Crippen molar-refractivity contribution in [2.75, 3.05) is 40.4 Å². The van der Waals surface area contributed by atoms with Crippen LogP contribution in [0.1, 0.15) is 59.1 Å². The van der Waals surface area contributed by atoms with Crippen molar-refractivity contribution in [3.8, 4) is 33.8 Å². The monoisotopic (exact) mass is 1030 g/mol. The van der Waals surface area contributed by atoms with E-state index >= 15 is 52.7 Å². The molecular formula is C48H40F12N2O8S. The average Bonchev–Trinajstić information content (AvgIpc) is 3.30. The van der Waals surface area contributed by atoms with Crippen molar-refractivity contribution in [2.24, 2.45) is 11.8 Å². The second-order valence-electron chi connectivity index (χ2n) is 16.2. The third-order valence-electron chi connectivity index (χ3n) is 11.9. The summed E-state index contributed by atoms with van der Waals surface area (Å²) in [5.41, 5.74) is -15.3. The number of carbonyl (C=O) groups is 4. The Balaban J connectivity index is 1.67. The summed E-state index contributed by atoms with van der Waals surface area (Å²) >= 11 is -0.700. The first-order chi connectivity index (χ1) is 33.2. The van der Waals surface area contributed by atoms with Crippen LogP contribution in [0.5, 0.6) is 11.5 Å². The lowest BCUT2D eigenvalue weighted by molar-refractivity contribution is -0.164. The van der Waals surface area contributed by atoms with Gasteiger partial charge >= 0.3 is 36.6 Å². The van der Waals surface area contributed by atoms with Gasteiger partial charge in [-0.1, -0.05) is 48.2 Å². The molecule has 0 bridgehead atoms. The number of piperidine rings is 2. The number of nitrogens with zero attached hydrogens (tertiary/aromatic N) is 2. The van der Waals surface area contributed by atoms with Gasteiger partial charge < -0.3 is 29.5 Å².